The molecule has 0 aromatic rings. The van der Waals surface area contributed by atoms with Crippen LogP contribution in [0.2, 0.25) is 0 Å². The minimum absolute atomic E-state index is 0.899. The van der Waals surface area contributed by atoms with Crippen LogP contribution >= 0.6 is 0 Å². The van der Waals surface area contributed by atoms with Crippen LogP contribution in [0.25, 0.3) is 0 Å². The van der Waals surface area contributed by atoms with E-state index in [1.807, 2.05) is 0 Å². The third-order valence-electron chi connectivity index (χ3n) is 3.88. The molecule has 0 aromatic carbocycles. The summed E-state index contributed by atoms with van der Waals surface area (Å²) in [5.74, 6) is 1.85. The van der Waals surface area contributed by atoms with E-state index in [9.17, 15) is 0 Å². The van der Waals surface area contributed by atoms with Crippen molar-refractivity contribution in [2.45, 2.75) is 66.7 Å². The lowest BCUT2D eigenvalue weighted by Crippen LogP contribution is -2.27. The number of hydrogen-bond acceptors (Lipinski definition) is 1. The molecule has 0 heterocycles. The van der Waals surface area contributed by atoms with Crippen molar-refractivity contribution in [2.24, 2.45) is 11.8 Å². The fourth-order valence-corrected chi connectivity index (χ4v) is 2.63. The molecule has 0 bridgehead atoms. The molecule has 0 amide bonds. The van der Waals surface area contributed by atoms with Crippen LogP contribution in [0, 0.1) is 11.8 Å². The predicted molar refractivity (Wildman–Crippen MR) is 74.9 cm³/mol. The molecule has 0 aromatic heterocycles. The molecule has 0 saturated carbocycles. The van der Waals surface area contributed by atoms with E-state index in [1.165, 1.54) is 51.7 Å². The van der Waals surface area contributed by atoms with E-state index in [-0.39, 0.29) is 0 Å². The lowest BCUT2D eigenvalue weighted by molar-refractivity contribution is 0.230. The second kappa shape index (κ2) is 10.1. The van der Waals surface area contributed by atoms with Gasteiger partial charge in [-0.3, -0.25) is 0 Å². The van der Waals surface area contributed by atoms with Crippen LogP contribution in [0.4, 0.5) is 0 Å². The van der Waals surface area contributed by atoms with Crippen molar-refractivity contribution in [3.63, 3.8) is 0 Å². The van der Waals surface area contributed by atoms with Gasteiger partial charge in [0, 0.05) is 0 Å². The van der Waals surface area contributed by atoms with Gasteiger partial charge in [-0.05, 0) is 44.3 Å². The van der Waals surface area contributed by atoms with Crippen LogP contribution in [-0.2, 0) is 0 Å². The fourth-order valence-electron chi connectivity index (χ4n) is 2.63. The fraction of sp³-hybridized carbons (Fsp3) is 1.00. The normalized spacial score (nSPS) is 15.4. The van der Waals surface area contributed by atoms with E-state index < -0.39 is 0 Å². The topological polar surface area (TPSA) is 3.24 Å². The van der Waals surface area contributed by atoms with Crippen molar-refractivity contribution in [1.29, 1.82) is 0 Å². The Balaban J connectivity index is 3.87. The average Bonchev–Trinajstić information content (AvgIpc) is 2.30. The second-order valence-electron chi connectivity index (χ2n) is 5.16. The van der Waals surface area contributed by atoms with E-state index >= 15 is 0 Å². The van der Waals surface area contributed by atoms with Crippen LogP contribution in [0.5, 0.6) is 0 Å². The van der Waals surface area contributed by atoms with Crippen molar-refractivity contribution in [3.05, 3.63) is 0 Å². The highest BCUT2D eigenvalue weighted by Gasteiger charge is 2.15. The van der Waals surface area contributed by atoms with Gasteiger partial charge in [0.1, 0.15) is 0 Å². The van der Waals surface area contributed by atoms with Gasteiger partial charge in [-0.2, -0.15) is 0 Å². The van der Waals surface area contributed by atoms with E-state index in [0.29, 0.717) is 0 Å². The van der Waals surface area contributed by atoms with Gasteiger partial charge >= 0.3 is 0 Å². The predicted octanol–water partition coefficient (Wildman–Crippen LogP) is 4.57. The summed E-state index contributed by atoms with van der Waals surface area (Å²) in [6, 6.07) is 0. The van der Waals surface area contributed by atoms with Crippen LogP contribution in [0.3, 0.4) is 0 Å². The van der Waals surface area contributed by atoms with E-state index in [1.54, 1.807) is 0 Å². The van der Waals surface area contributed by atoms with E-state index in [0.717, 1.165) is 11.8 Å². The number of rotatable bonds is 10. The molecule has 0 saturated heterocycles. The minimum atomic E-state index is 0.899. The molecule has 1 heteroatoms. The van der Waals surface area contributed by atoms with Gasteiger partial charge in [0.2, 0.25) is 0 Å². The van der Waals surface area contributed by atoms with Gasteiger partial charge in [0.05, 0.1) is 0 Å². The van der Waals surface area contributed by atoms with Crippen LogP contribution in [-0.4, -0.2) is 24.5 Å². The Kier molecular flexibility index (Phi) is 10.1. The zero-order valence-electron chi connectivity index (χ0n) is 12.3. The van der Waals surface area contributed by atoms with E-state index in [2.05, 4.69) is 39.5 Å². The minimum Gasteiger partial charge on any atom is -0.304 e. The van der Waals surface area contributed by atoms with Gasteiger partial charge in [-0.25, -0.2) is 0 Å². The lowest BCUT2D eigenvalue weighted by Gasteiger charge is -2.26. The number of nitrogens with zero attached hydrogens (tertiary/aromatic N) is 1. The maximum Gasteiger partial charge on any atom is -0.00162 e. The molecule has 0 spiro atoms. The SMILES string of the molecule is CCCC(CC)C(C)CCN(CC)CCC. The third-order valence-corrected chi connectivity index (χ3v) is 3.88. The summed E-state index contributed by atoms with van der Waals surface area (Å²) < 4.78 is 0. The molecule has 2 atom stereocenters. The summed E-state index contributed by atoms with van der Waals surface area (Å²) in [6.45, 7) is 15.4. The molecular formula is C15H33N. The summed E-state index contributed by atoms with van der Waals surface area (Å²) >= 11 is 0. The Morgan fingerprint density at radius 1 is 0.875 bits per heavy atom. The highest BCUT2D eigenvalue weighted by molar-refractivity contribution is 4.67. The maximum atomic E-state index is 2.59. The van der Waals surface area contributed by atoms with Crippen molar-refractivity contribution in [2.75, 3.05) is 19.6 Å². The number of hydrogen-bond donors (Lipinski definition) is 0. The van der Waals surface area contributed by atoms with Crippen LogP contribution in [0.15, 0.2) is 0 Å². The van der Waals surface area contributed by atoms with E-state index in [4.69, 9.17) is 0 Å². The monoisotopic (exact) mass is 227 g/mol. The molecule has 16 heavy (non-hydrogen) atoms. The molecule has 0 rings (SSSR count). The van der Waals surface area contributed by atoms with Crippen molar-refractivity contribution in [1.82, 2.24) is 4.90 Å². The van der Waals surface area contributed by atoms with Crippen molar-refractivity contribution < 1.29 is 0 Å². The molecule has 0 N–H and O–H groups in total. The first-order valence-corrected chi connectivity index (χ1v) is 7.41. The molecule has 0 fully saturated rings. The summed E-state index contributed by atoms with van der Waals surface area (Å²) in [6.07, 6.45) is 6.78. The third kappa shape index (κ3) is 6.52. The first-order valence-electron chi connectivity index (χ1n) is 7.41. The summed E-state index contributed by atoms with van der Waals surface area (Å²) in [5, 5.41) is 0. The summed E-state index contributed by atoms with van der Waals surface area (Å²) in [4.78, 5) is 2.59. The molecule has 0 aliphatic heterocycles. The van der Waals surface area contributed by atoms with Gasteiger partial charge in [0.15, 0.2) is 0 Å². The van der Waals surface area contributed by atoms with Gasteiger partial charge in [-0.15, -0.1) is 0 Å². The highest BCUT2D eigenvalue weighted by Crippen LogP contribution is 2.23. The zero-order valence-corrected chi connectivity index (χ0v) is 12.3. The Labute approximate surface area is 104 Å². The average molecular weight is 227 g/mol. The Hall–Kier alpha value is -0.0400. The first kappa shape index (κ1) is 16.0. The lowest BCUT2D eigenvalue weighted by atomic mass is 9.85. The molecule has 0 radical (unpaired) electrons. The van der Waals surface area contributed by atoms with Gasteiger partial charge < -0.3 is 4.90 Å². The van der Waals surface area contributed by atoms with Crippen molar-refractivity contribution >= 4 is 0 Å². The molecule has 1 nitrogen and oxygen atoms in total. The highest BCUT2D eigenvalue weighted by atomic mass is 15.1. The molecule has 0 aliphatic carbocycles. The summed E-state index contributed by atoms with van der Waals surface area (Å²) in [5.41, 5.74) is 0. The zero-order chi connectivity index (χ0) is 12.4. The molecule has 2 unspecified atom stereocenters. The Bertz CT molecular complexity index is 144. The van der Waals surface area contributed by atoms with Gasteiger partial charge in [0.25, 0.3) is 0 Å². The standard InChI is InChI=1S/C15H33N/c1-6-10-15(8-3)14(5)11-13-16(9-4)12-7-2/h14-15H,6-13H2,1-5H3. The maximum absolute atomic E-state index is 2.59. The van der Waals surface area contributed by atoms with Gasteiger partial charge in [-0.1, -0.05) is 53.9 Å². The largest absolute Gasteiger partial charge is 0.304 e. The first-order chi connectivity index (χ1) is 7.69. The quantitative estimate of drug-likeness (QED) is 0.528. The molecular weight excluding hydrogens is 194 g/mol. The Morgan fingerprint density at radius 3 is 2.00 bits per heavy atom. The molecule has 98 valence electrons. The second-order valence-corrected chi connectivity index (χ2v) is 5.16. The van der Waals surface area contributed by atoms with Crippen LogP contribution in [0.1, 0.15) is 66.7 Å². The molecule has 0 aliphatic rings. The van der Waals surface area contributed by atoms with Crippen molar-refractivity contribution in [3.8, 4) is 0 Å². The Morgan fingerprint density at radius 2 is 1.56 bits per heavy atom. The summed E-state index contributed by atoms with van der Waals surface area (Å²) in [7, 11) is 0. The van der Waals surface area contributed by atoms with Crippen LogP contribution < -0.4 is 0 Å². The smallest absolute Gasteiger partial charge is 0.00162 e.